The van der Waals surface area contributed by atoms with Crippen LogP contribution in [-0.4, -0.2) is 36.9 Å². The van der Waals surface area contributed by atoms with Gasteiger partial charge in [-0.05, 0) is 38.0 Å². The van der Waals surface area contributed by atoms with E-state index in [0.29, 0.717) is 18.9 Å². The summed E-state index contributed by atoms with van der Waals surface area (Å²) in [6, 6.07) is 5.77. The fraction of sp³-hybridized carbons (Fsp3) is 0.412. The minimum absolute atomic E-state index is 0.0697. The lowest BCUT2D eigenvalue weighted by Gasteiger charge is -2.13. The van der Waals surface area contributed by atoms with E-state index in [1.165, 1.54) is 0 Å². The number of nitrogen functional groups attached to an aromatic ring is 1. The first-order chi connectivity index (χ1) is 11.5. The van der Waals surface area contributed by atoms with Crippen molar-refractivity contribution >= 4 is 17.3 Å². The molecule has 1 aliphatic heterocycles. The lowest BCUT2D eigenvalue weighted by atomic mass is 10.0. The van der Waals surface area contributed by atoms with Gasteiger partial charge in [-0.1, -0.05) is 11.2 Å². The first kappa shape index (κ1) is 16.3. The fourth-order valence-electron chi connectivity index (χ4n) is 2.88. The quantitative estimate of drug-likeness (QED) is 0.723. The summed E-state index contributed by atoms with van der Waals surface area (Å²) in [4.78, 5) is 11.9. The summed E-state index contributed by atoms with van der Waals surface area (Å²) in [7, 11) is 0. The maximum Gasteiger partial charge on any atom is 0.239 e. The summed E-state index contributed by atoms with van der Waals surface area (Å²) in [6.07, 6.45) is 0.861. The topological polar surface area (TPSA) is 102 Å². The molecular weight excluding hydrogens is 308 g/mol. The van der Waals surface area contributed by atoms with Crippen molar-refractivity contribution in [2.45, 2.75) is 26.3 Å². The average Bonchev–Trinajstić information content (AvgIpc) is 3.16. The molecule has 1 aromatic heterocycles. The maximum absolute atomic E-state index is 11.9. The van der Waals surface area contributed by atoms with E-state index in [0.717, 1.165) is 34.7 Å². The molecule has 1 amide bonds. The van der Waals surface area contributed by atoms with Gasteiger partial charge in [-0.15, -0.1) is 0 Å². The highest BCUT2D eigenvalue weighted by Gasteiger charge is 2.18. The van der Waals surface area contributed by atoms with Gasteiger partial charge in [0.25, 0.3) is 0 Å². The summed E-state index contributed by atoms with van der Waals surface area (Å²) >= 11 is 0. The highest BCUT2D eigenvalue weighted by Crippen LogP contribution is 2.31. The van der Waals surface area contributed by atoms with Crippen LogP contribution in [0, 0.1) is 13.8 Å². The second-order valence-corrected chi connectivity index (χ2v) is 5.98. The van der Waals surface area contributed by atoms with Gasteiger partial charge in [0.05, 0.1) is 36.3 Å². The van der Waals surface area contributed by atoms with Crippen LogP contribution in [0.15, 0.2) is 22.7 Å². The van der Waals surface area contributed by atoms with Crippen LogP contribution >= 0.6 is 0 Å². The molecular formula is C17H22N4O3. The molecule has 24 heavy (non-hydrogen) atoms. The third-order valence-corrected chi connectivity index (χ3v) is 4.11. The predicted octanol–water partition coefficient (Wildman–Crippen LogP) is 1.86. The lowest BCUT2D eigenvalue weighted by Crippen LogP contribution is -2.38. The van der Waals surface area contributed by atoms with Gasteiger partial charge >= 0.3 is 0 Å². The number of ether oxygens (including phenoxy) is 1. The van der Waals surface area contributed by atoms with Crippen LogP contribution in [-0.2, 0) is 9.53 Å². The number of rotatable bonds is 5. The molecule has 2 aromatic rings. The Bertz CT molecular complexity index is 716. The second-order valence-electron chi connectivity index (χ2n) is 5.98. The molecule has 7 heteroatoms. The Morgan fingerprint density at radius 3 is 2.88 bits per heavy atom. The molecule has 0 aliphatic carbocycles. The van der Waals surface area contributed by atoms with E-state index >= 15 is 0 Å². The molecule has 1 atom stereocenters. The summed E-state index contributed by atoms with van der Waals surface area (Å²) in [5, 5.41) is 9.96. The second kappa shape index (κ2) is 6.92. The minimum Gasteiger partial charge on any atom is -0.397 e. The van der Waals surface area contributed by atoms with Crippen LogP contribution in [0.4, 0.5) is 11.4 Å². The molecule has 1 aromatic carbocycles. The smallest absolute Gasteiger partial charge is 0.239 e. The van der Waals surface area contributed by atoms with E-state index in [2.05, 4.69) is 15.8 Å². The Balaban J connectivity index is 1.63. The lowest BCUT2D eigenvalue weighted by molar-refractivity contribution is -0.120. The van der Waals surface area contributed by atoms with E-state index in [9.17, 15) is 4.79 Å². The van der Waals surface area contributed by atoms with Crippen molar-refractivity contribution in [3.63, 3.8) is 0 Å². The average molecular weight is 330 g/mol. The van der Waals surface area contributed by atoms with Gasteiger partial charge < -0.3 is 25.6 Å². The molecule has 1 saturated heterocycles. The van der Waals surface area contributed by atoms with Crippen molar-refractivity contribution < 1.29 is 14.1 Å². The number of benzene rings is 1. The molecule has 1 fully saturated rings. The number of aryl methyl sites for hydroxylation is 2. The van der Waals surface area contributed by atoms with Gasteiger partial charge in [-0.2, -0.15) is 0 Å². The molecule has 0 radical (unpaired) electrons. The normalized spacial score (nSPS) is 17.0. The number of amides is 1. The van der Waals surface area contributed by atoms with Crippen LogP contribution in [0.5, 0.6) is 0 Å². The highest BCUT2D eigenvalue weighted by atomic mass is 16.5. The summed E-state index contributed by atoms with van der Waals surface area (Å²) < 4.78 is 10.4. The maximum atomic E-state index is 11.9. The van der Waals surface area contributed by atoms with Crippen molar-refractivity contribution in [2.75, 3.05) is 30.8 Å². The first-order valence-corrected chi connectivity index (χ1v) is 7.98. The molecule has 2 heterocycles. The van der Waals surface area contributed by atoms with Crippen molar-refractivity contribution in [2.24, 2.45) is 0 Å². The fourth-order valence-corrected chi connectivity index (χ4v) is 2.88. The number of anilines is 2. The van der Waals surface area contributed by atoms with E-state index < -0.39 is 0 Å². The summed E-state index contributed by atoms with van der Waals surface area (Å²) in [5.41, 5.74) is 10.1. The van der Waals surface area contributed by atoms with Crippen molar-refractivity contribution in [1.29, 1.82) is 0 Å². The van der Waals surface area contributed by atoms with Crippen molar-refractivity contribution in [3.05, 3.63) is 29.7 Å². The standard InChI is InChI=1S/C17H22N4O3/c1-10-17(11(2)24-21-10)12-3-4-15(14(18)7-12)19-8-16(22)20-13-5-6-23-9-13/h3-4,7,13,19H,5-6,8-9,18H2,1-2H3,(H,20,22). The van der Waals surface area contributed by atoms with Crippen molar-refractivity contribution in [1.82, 2.24) is 10.5 Å². The Kier molecular flexibility index (Phi) is 4.71. The summed E-state index contributed by atoms with van der Waals surface area (Å²) in [6.45, 7) is 5.22. The van der Waals surface area contributed by atoms with Gasteiger partial charge in [0.15, 0.2) is 0 Å². The molecule has 0 bridgehead atoms. The zero-order valence-corrected chi connectivity index (χ0v) is 13.9. The molecule has 1 unspecified atom stereocenters. The minimum atomic E-state index is -0.0697. The van der Waals surface area contributed by atoms with E-state index in [1.807, 2.05) is 32.0 Å². The van der Waals surface area contributed by atoms with Gasteiger partial charge in [0.1, 0.15) is 5.76 Å². The van der Waals surface area contributed by atoms with Crippen LogP contribution in [0.3, 0.4) is 0 Å². The van der Waals surface area contributed by atoms with Crippen molar-refractivity contribution in [3.8, 4) is 11.1 Å². The predicted molar refractivity (Wildman–Crippen MR) is 91.7 cm³/mol. The molecule has 7 nitrogen and oxygen atoms in total. The zero-order valence-electron chi connectivity index (χ0n) is 13.9. The molecule has 4 N–H and O–H groups in total. The van der Waals surface area contributed by atoms with E-state index in [-0.39, 0.29) is 18.5 Å². The SMILES string of the molecule is Cc1noc(C)c1-c1ccc(NCC(=O)NC2CCOC2)c(N)c1. The number of nitrogens with zero attached hydrogens (tertiary/aromatic N) is 1. The third-order valence-electron chi connectivity index (χ3n) is 4.11. The van der Waals surface area contributed by atoms with Gasteiger partial charge in [-0.25, -0.2) is 0 Å². The molecule has 1 aliphatic rings. The third kappa shape index (κ3) is 3.51. The Labute approximate surface area is 140 Å². The molecule has 0 spiro atoms. The number of hydrogen-bond acceptors (Lipinski definition) is 6. The largest absolute Gasteiger partial charge is 0.397 e. The number of carbonyl (C=O) groups is 1. The number of nitrogens with two attached hydrogens (primary N) is 1. The Hall–Kier alpha value is -2.54. The van der Waals surface area contributed by atoms with Gasteiger partial charge in [0.2, 0.25) is 5.91 Å². The Morgan fingerprint density at radius 2 is 2.25 bits per heavy atom. The first-order valence-electron chi connectivity index (χ1n) is 7.98. The van der Waals surface area contributed by atoms with Gasteiger partial charge in [-0.3, -0.25) is 4.79 Å². The molecule has 128 valence electrons. The zero-order chi connectivity index (χ0) is 17.1. The summed E-state index contributed by atoms with van der Waals surface area (Å²) in [5.74, 6) is 0.686. The van der Waals surface area contributed by atoms with Crippen LogP contribution < -0.4 is 16.4 Å². The van der Waals surface area contributed by atoms with Crippen LogP contribution in [0.1, 0.15) is 17.9 Å². The number of hydrogen-bond donors (Lipinski definition) is 3. The van der Waals surface area contributed by atoms with E-state index in [1.54, 1.807) is 0 Å². The Morgan fingerprint density at radius 1 is 1.42 bits per heavy atom. The number of nitrogens with one attached hydrogen (secondary N) is 2. The molecule has 3 rings (SSSR count). The van der Waals surface area contributed by atoms with E-state index in [4.69, 9.17) is 15.0 Å². The number of aromatic nitrogens is 1. The monoisotopic (exact) mass is 330 g/mol. The molecule has 0 saturated carbocycles. The number of carbonyl (C=O) groups excluding carboxylic acids is 1. The van der Waals surface area contributed by atoms with Crippen LogP contribution in [0.25, 0.3) is 11.1 Å². The highest BCUT2D eigenvalue weighted by molar-refractivity contribution is 5.84. The van der Waals surface area contributed by atoms with Gasteiger partial charge in [0, 0.05) is 12.2 Å². The van der Waals surface area contributed by atoms with Crippen LogP contribution in [0.2, 0.25) is 0 Å².